The number of amides is 2. The third-order valence-electron chi connectivity index (χ3n) is 1.80. The van der Waals surface area contributed by atoms with Crippen molar-refractivity contribution in [2.75, 3.05) is 6.61 Å². The summed E-state index contributed by atoms with van der Waals surface area (Å²) in [7, 11) is 0. The van der Waals surface area contributed by atoms with Crippen LogP contribution >= 0.6 is 0 Å². The zero-order valence-corrected chi connectivity index (χ0v) is 10.5. The van der Waals surface area contributed by atoms with Gasteiger partial charge in [-0.25, -0.2) is 4.90 Å². The van der Waals surface area contributed by atoms with Gasteiger partial charge in [0.15, 0.2) is 0 Å². The van der Waals surface area contributed by atoms with Crippen LogP contribution in [0.5, 0.6) is 0 Å². The Labute approximate surface area is 101 Å². The van der Waals surface area contributed by atoms with Crippen molar-refractivity contribution in [2.24, 2.45) is 5.92 Å². The average molecular weight is 241 g/mol. The van der Waals surface area contributed by atoms with E-state index in [9.17, 15) is 14.7 Å². The number of nitrogens with zero attached hydrogens (tertiary/aromatic N) is 1. The number of carbonyl (C=O) groups excluding carboxylic acids is 2. The highest BCUT2D eigenvalue weighted by Gasteiger charge is 2.27. The van der Waals surface area contributed by atoms with Crippen LogP contribution < -0.4 is 0 Å². The van der Waals surface area contributed by atoms with Gasteiger partial charge in [-0.05, 0) is 18.9 Å². The molecule has 1 unspecified atom stereocenters. The van der Waals surface area contributed by atoms with E-state index in [1.807, 2.05) is 13.8 Å². The van der Waals surface area contributed by atoms with Crippen molar-refractivity contribution in [3.05, 3.63) is 24.8 Å². The summed E-state index contributed by atoms with van der Waals surface area (Å²) in [5.41, 5.74) is 0.132. The van der Waals surface area contributed by atoms with Crippen molar-refractivity contribution in [1.82, 2.24) is 4.90 Å². The normalized spacial score (nSPS) is 12.1. The molecule has 17 heavy (non-hydrogen) atoms. The Hall–Kier alpha value is -1.46. The molecule has 0 fully saturated rings. The largest absolute Gasteiger partial charge is 0.351 e. The maximum Gasteiger partial charge on any atom is 0.259 e. The van der Waals surface area contributed by atoms with Gasteiger partial charge in [-0.1, -0.05) is 27.0 Å². The first kappa shape index (κ1) is 15.5. The second-order valence-corrected chi connectivity index (χ2v) is 4.05. The lowest BCUT2D eigenvalue weighted by atomic mass is 10.2. The van der Waals surface area contributed by atoms with Crippen LogP contribution in [-0.2, 0) is 14.3 Å². The van der Waals surface area contributed by atoms with E-state index in [2.05, 4.69) is 13.2 Å². The van der Waals surface area contributed by atoms with Crippen molar-refractivity contribution >= 4 is 11.8 Å². The molecule has 0 saturated heterocycles. The van der Waals surface area contributed by atoms with Crippen molar-refractivity contribution < 1.29 is 19.4 Å². The molecule has 0 radical (unpaired) electrons. The summed E-state index contributed by atoms with van der Waals surface area (Å²) in [4.78, 5) is 23.7. The number of carbonyl (C=O) groups is 2. The Kier molecular flexibility index (Phi) is 6.38. The van der Waals surface area contributed by atoms with Gasteiger partial charge < -0.3 is 9.84 Å². The molecule has 1 N–H and O–H groups in total. The minimum absolute atomic E-state index is 0.132. The summed E-state index contributed by atoms with van der Waals surface area (Å²) >= 11 is 0. The van der Waals surface area contributed by atoms with Gasteiger partial charge >= 0.3 is 0 Å². The molecule has 0 rings (SSSR count). The number of rotatable bonds is 6. The van der Waals surface area contributed by atoms with Crippen LogP contribution in [0.1, 0.15) is 20.8 Å². The number of imide groups is 1. The first-order chi connectivity index (χ1) is 7.81. The molecule has 0 aliphatic heterocycles. The number of aliphatic hydroxyl groups excluding tert-OH is 1. The van der Waals surface area contributed by atoms with Gasteiger partial charge in [-0.15, -0.1) is 0 Å². The summed E-state index contributed by atoms with van der Waals surface area (Å²) in [6.07, 6.45) is -0.685. The monoisotopic (exact) mass is 241 g/mol. The molecule has 1 atom stereocenters. The minimum Gasteiger partial charge on any atom is -0.351 e. The molecule has 0 saturated carbocycles. The molecule has 5 heteroatoms. The topological polar surface area (TPSA) is 66.8 Å². The Morgan fingerprint density at radius 1 is 1.47 bits per heavy atom. The highest BCUT2D eigenvalue weighted by atomic mass is 16.6. The predicted octanol–water partition coefficient (Wildman–Crippen LogP) is 1.05. The van der Waals surface area contributed by atoms with E-state index in [1.54, 1.807) is 0 Å². The third-order valence-corrected chi connectivity index (χ3v) is 1.80. The standard InChI is InChI=1S/C12H19NO4/c1-6-10(14)13(11(15)9(4)5)12(16)17-7-8(2)3/h6,8,12,16H,1,4,7H2,2-3,5H3. The van der Waals surface area contributed by atoms with Crippen molar-refractivity contribution in [2.45, 2.75) is 27.2 Å². The second kappa shape index (κ2) is 6.98. The zero-order chi connectivity index (χ0) is 13.6. The number of hydrogen-bond acceptors (Lipinski definition) is 4. The van der Waals surface area contributed by atoms with Crippen LogP contribution in [0.3, 0.4) is 0 Å². The van der Waals surface area contributed by atoms with Crippen LogP contribution in [0.25, 0.3) is 0 Å². The summed E-state index contributed by atoms with van der Waals surface area (Å²) in [6, 6.07) is 0. The molecule has 0 aromatic rings. The summed E-state index contributed by atoms with van der Waals surface area (Å²) in [5, 5.41) is 9.65. The fourth-order valence-electron chi connectivity index (χ4n) is 0.966. The molecular formula is C12H19NO4. The van der Waals surface area contributed by atoms with Crippen LogP contribution in [0.2, 0.25) is 0 Å². The molecule has 96 valence electrons. The molecule has 2 amide bonds. The Bertz CT molecular complexity index is 322. The maximum absolute atomic E-state index is 11.6. The molecular weight excluding hydrogens is 222 g/mol. The summed E-state index contributed by atoms with van der Waals surface area (Å²) in [5.74, 6) is -1.24. The Morgan fingerprint density at radius 2 is 2.00 bits per heavy atom. The fourth-order valence-corrected chi connectivity index (χ4v) is 0.966. The van der Waals surface area contributed by atoms with Gasteiger partial charge in [0.05, 0.1) is 6.61 Å². The number of ether oxygens (including phenoxy) is 1. The van der Waals surface area contributed by atoms with E-state index in [-0.39, 0.29) is 18.1 Å². The average Bonchev–Trinajstić information content (AvgIpc) is 2.25. The van der Waals surface area contributed by atoms with E-state index in [0.717, 1.165) is 6.08 Å². The highest BCUT2D eigenvalue weighted by molar-refractivity contribution is 6.06. The van der Waals surface area contributed by atoms with E-state index in [0.29, 0.717) is 4.90 Å². The molecule has 0 aliphatic rings. The number of hydrogen-bond donors (Lipinski definition) is 1. The van der Waals surface area contributed by atoms with Crippen molar-refractivity contribution in [3.63, 3.8) is 0 Å². The van der Waals surface area contributed by atoms with Crippen LogP contribution in [0.15, 0.2) is 24.8 Å². The molecule has 0 heterocycles. The van der Waals surface area contributed by atoms with Crippen LogP contribution in [-0.4, -0.2) is 34.8 Å². The Morgan fingerprint density at radius 3 is 2.35 bits per heavy atom. The summed E-state index contributed by atoms with van der Waals surface area (Å²) < 4.78 is 5.01. The van der Waals surface area contributed by atoms with Crippen molar-refractivity contribution in [1.29, 1.82) is 0 Å². The lowest BCUT2D eigenvalue weighted by molar-refractivity contribution is -0.201. The third kappa shape index (κ3) is 4.93. The second-order valence-electron chi connectivity index (χ2n) is 4.05. The van der Waals surface area contributed by atoms with Crippen LogP contribution in [0.4, 0.5) is 0 Å². The molecule has 5 nitrogen and oxygen atoms in total. The van der Waals surface area contributed by atoms with E-state index in [1.165, 1.54) is 6.92 Å². The lowest BCUT2D eigenvalue weighted by Gasteiger charge is -2.25. The molecule has 0 bridgehead atoms. The van der Waals surface area contributed by atoms with Gasteiger partial charge in [0.2, 0.25) is 6.41 Å². The minimum atomic E-state index is -1.62. The molecule has 0 spiro atoms. The SMILES string of the molecule is C=CC(=O)N(C(=O)C(=C)C)C(O)OCC(C)C. The zero-order valence-electron chi connectivity index (χ0n) is 10.5. The summed E-state index contributed by atoms with van der Waals surface area (Å²) in [6.45, 7) is 12.1. The van der Waals surface area contributed by atoms with Gasteiger partial charge in [-0.3, -0.25) is 9.59 Å². The smallest absolute Gasteiger partial charge is 0.259 e. The van der Waals surface area contributed by atoms with E-state index >= 15 is 0 Å². The van der Waals surface area contributed by atoms with Gasteiger partial charge in [0, 0.05) is 5.57 Å². The molecule has 0 aliphatic carbocycles. The number of aliphatic hydroxyl groups is 1. The van der Waals surface area contributed by atoms with Gasteiger partial charge in [0.1, 0.15) is 0 Å². The first-order valence-corrected chi connectivity index (χ1v) is 5.26. The van der Waals surface area contributed by atoms with Gasteiger partial charge in [-0.2, -0.15) is 0 Å². The molecule has 0 aromatic carbocycles. The first-order valence-electron chi connectivity index (χ1n) is 5.26. The van der Waals surface area contributed by atoms with E-state index in [4.69, 9.17) is 4.74 Å². The highest BCUT2D eigenvalue weighted by Crippen LogP contribution is 2.07. The quantitative estimate of drug-likeness (QED) is 0.557. The maximum atomic E-state index is 11.6. The fraction of sp³-hybridized carbons (Fsp3) is 0.500. The van der Waals surface area contributed by atoms with Crippen molar-refractivity contribution in [3.8, 4) is 0 Å². The predicted molar refractivity (Wildman–Crippen MR) is 63.7 cm³/mol. The van der Waals surface area contributed by atoms with Gasteiger partial charge in [0.25, 0.3) is 11.8 Å². The van der Waals surface area contributed by atoms with E-state index < -0.39 is 18.2 Å². The lowest BCUT2D eigenvalue weighted by Crippen LogP contribution is -2.46. The Balaban J connectivity index is 4.80. The molecule has 0 aromatic heterocycles. The van der Waals surface area contributed by atoms with Crippen LogP contribution in [0, 0.1) is 5.92 Å².